The summed E-state index contributed by atoms with van der Waals surface area (Å²) in [5, 5.41) is 26.8. The Labute approximate surface area is 214 Å². The quantitative estimate of drug-likeness (QED) is 0.173. The number of hydrogen-bond donors (Lipinski definition) is 6. The number of hydrogen-bond acceptors (Lipinski definition) is 8. The number of carboxylic acids is 1. The molecule has 35 heavy (non-hydrogen) atoms. The predicted octanol–water partition coefficient (Wildman–Crippen LogP) is -0.0176. The van der Waals surface area contributed by atoms with Gasteiger partial charge in [0.1, 0.15) is 24.2 Å². The number of carbonyl (C=O) groups is 4. The molecule has 1 aromatic carbocycles. The van der Waals surface area contributed by atoms with Gasteiger partial charge >= 0.3 is 5.97 Å². The van der Waals surface area contributed by atoms with E-state index in [2.05, 4.69) is 16.0 Å². The lowest BCUT2D eigenvalue weighted by atomic mass is 10.0. The van der Waals surface area contributed by atoms with Crippen LogP contribution in [-0.2, 0) is 25.6 Å². The second-order valence-corrected chi connectivity index (χ2v) is 10.0. The van der Waals surface area contributed by atoms with E-state index in [0.717, 1.165) is 5.56 Å². The van der Waals surface area contributed by atoms with E-state index in [1.54, 1.807) is 24.3 Å². The third-order valence-corrected chi connectivity index (χ3v) is 6.49. The first kappa shape index (κ1) is 30.8. The molecule has 1 rings (SSSR count). The number of rotatable bonds is 16. The normalized spacial score (nSPS) is 15.2. The van der Waals surface area contributed by atoms with Crippen LogP contribution in [0.4, 0.5) is 0 Å². The van der Waals surface area contributed by atoms with Gasteiger partial charge in [0.25, 0.3) is 0 Å². The maximum Gasteiger partial charge on any atom is 0.326 e. The predicted molar refractivity (Wildman–Crippen MR) is 139 cm³/mol. The molecule has 0 saturated heterocycles. The minimum absolute atomic E-state index is 0.129. The summed E-state index contributed by atoms with van der Waals surface area (Å²) < 4.78 is 0. The number of aliphatic carboxylic acids is 1. The summed E-state index contributed by atoms with van der Waals surface area (Å²) in [5.41, 5.74) is 6.46. The van der Waals surface area contributed by atoms with Crippen molar-refractivity contribution in [3.63, 3.8) is 0 Å². The van der Waals surface area contributed by atoms with Crippen molar-refractivity contribution in [1.82, 2.24) is 16.0 Å². The molecule has 0 fully saturated rings. The number of nitrogens with one attached hydrogen (secondary N) is 3. The van der Waals surface area contributed by atoms with E-state index in [1.807, 2.05) is 18.6 Å². The standard InChI is InChI=1S/C23H36N4O6S2/c1-14(28)19(24)22(31)25-16(9-11-34-2)20(29)27-18(13-15-7-5-4-6-8-15)21(30)26-17(23(32)33)10-12-35-3/h4-8,14,16-19,28H,9-13,24H2,1-3H3,(H,25,31)(H,26,30)(H,27,29)(H,32,33). The van der Waals surface area contributed by atoms with E-state index >= 15 is 0 Å². The van der Waals surface area contributed by atoms with Crippen molar-refractivity contribution in [1.29, 1.82) is 0 Å². The molecule has 0 bridgehead atoms. The molecule has 3 amide bonds. The van der Waals surface area contributed by atoms with Gasteiger partial charge in [0, 0.05) is 6.42 Å². The molecular formula is C23H36N4O6S2. The monoisotopic (exact) mass is 528 g/mol. The van der Waals surface area contributed by atoms with Crippen LogP contribution in [0, 0.1) is 0 Å². The maximum absolute atomic E-state index is 13.1. The average molecular weight is 529 g/mol. The van der Waals surface area contributed by atoms with Crippen molar-refractivity contribution in [2.45, 2.75) is 56.5 Å². The minimum Gasteiger partial charge on any atom is -0.480 e. The largest absolute Gasteiger partial charge is 0.480 e. The topological polar surface area (TPSA) is 171 Å². The highest BCUT2D eigenvalue weighted by Crippen LogP contribution is 2.08. The summed E-state index contributed by atoms with van der Waals surface area (Å²) in [6, 6.07) is 4.63. The highest BCUT2D eigenvalue weighted by molar-refractivity contribution is 7.98. The van der Waals surface area contributed by atoms with Crippen LogP contribution in [0.3, 0.4) is 0 Å². The van der Waals surface area contributed by atoms with Crippen molar-refractivity contribution in [2.75, 3.05) is 24.0 Å². The average Bonchev–Trinajstić information content (AvgIpc) is 2.83. The van der Waals surface area contributed by atoms with E-state index in [-0.39, 0.29) is 19.3 Å². The number of carbonyl (C=O) groups excluding carboxylic acids is 3. The van der Waals surface area contributed by atoms with E-state index in [1.165, 1.54) is 30.4 Å². The number of thioether (sulfide) groups is 2. The lowest BCUT2D eigenvalue weighted by molar-refractivity contribution is -0.142. The fourth-order valence-corrected chi connectivity index (χ4v) is 4.03. The summed E-state index contributed by atoms with van der Waals surface area (Å²) in [7, 11) is 0. The highest BCUT2D eigenvalue weighted by atomic mass is 32.2. The zero-order valence-electron chi connectivity index (χ0n) is 20.2. The highest BCUT2D eigenvalue weighted by Gasteiger charge is 2.31. The Kier molecular flexibility index (Phi) is 14.4. The molecule has 196 valence electrons. The summed E-state index contributed by atoms with van der Waals surface area (Å²) in [6.45, 7) is 1.37. The van der Waals surface area contributed by atoms with Crippen LogP contribution in [0.25, 0.3) is 0 Å². The van der Waals surface area contributed by atoms with Crippen LogP contribution in [0.15, 0.2) is 30.3 Å². The van der Waals surface area contributed by atoms with Crippen molar-refractivity contribution in [3.05, 3.63) is 35.9 Å². The third-order valence-electron chi connectivity index (χ3n) is 5.21. The van der Waals surface area contributed by atoms with Gasteiger partial charge in [0.15, 0.2) is 0 Å². The SMILES string of the molecule is CSCCC(NC(=O)C(Cc1ccccc1)NC(=O)C(CCSC)NC(=O)C(N)C(C)O)C(=O)O. The molecule has 5 atom stereocenters. The summed E-state index contributed by atoms with van der Waals surface area (Å²) in [5.74, 6) is -1.99. The zero-order chi connectivity index (χ0) is 26.4. The van der Waals surface area contributed by atoms with Gasteiger partial charge in [0.05, 0.1) is 6.10 Å². The Bertz CT molecular complexity index is 827. The molecule has 7 N–H and O–H groups in total. The van der Waals surface area contributed by atoms with Gasteiger partial charge in [-0.25, -0.2) is 4.79 Å². The molecule has 0 heterocycles. The first-order chi connectivity index (χ1) is 16.6. The van der Waals surface area contributed by atoms with Crippen molar-refractivity contribution in [2.24, 2.45) is 5.73 Å². The van der Waals surface area contributed by atoms with Crippen molar-refractivity contribution < 1.29 is 29.4 Å². The van der Waals surface area contributed by atoms with E-state index in [4.69, 9.17) is 5.73 Å². The Morgan fingerprint density at radius 2 is 1.34 bits per heavy atom. The maximum atomic E-state index is 13.1. The van der Waals surface area contributed by atoms with E-state index in [9.17, 15) is 29.4 Å². The smallest absolute Gasteiger partial charge is 0.326 e. The van der Waals surface area contributed by atoms with E-state index in [0.29, 0.717) is 11.5 Å². The molecule has 10 nitrogen and oxygen atoms in total. The molecule has 0 spiro atoms. The van der Waals surface area contributed by atoms with Crippen LogP contribution in [0.1, 0.15) is 25.3 Å². The van der Waals surface area contributed by atoms with Gasteiger partial charge in [-0.3, -0.25) is 14.4 Å². The van der Waals surface area contributed by atoms with Gasteiger partial charge < -0.3 is 31.9 Å². The van der Waals surface area contributed by atoms with Gasteiger partial charge in [-0.05, 0) is 49.3 Å². The fraction of sp³-hybridized carbons (Fsp3) is 0.565. The Balaban J connectivity index is 3.08. The number of aliphatic hydroxyl groups is 1. The minimum atomic E-state index is -1.21. The molecule has 0 aliphatic rings. The fourth-order valence-electron chi connectivity index (χ4n) is 3.09. The van der Waals surface area contributed by atoms with Gasteiger partial charge in [0.2, 0.25) is 17.7 Å². The Morgan fingerprint density at radius 1 is 0.857 bits per heavy atom. The molecule has 0 saturated carbocycles. The van der Waals surface area contributed by atoms with E-state index < -0.39 is 54.0 Å². The molecule has 0 radical (unpaired) electrons. The number of carboxylic acid groups (broad SMARTS) is 1. The van der Waals surface area contributed by atoms with Crippen molar-refractivity contribution in [3.8, 4) is 0 Å². The lowest BCUT2D eigenvalue weighted by Gasteiger charge is -2.25. The van der Waals surface area contributed by atoms with Crippen LogP contribution in [-0.4, -0.2) is 88.2 Å². The molecule has 0 aliphatic carbocycles. The number of amides is 3. The zero-order valence-corrected chi connectivity index (χ0v) is 21.9. The summed E-state index contributed by atoms with van der Waals surface area (Å²) in [4.78, 5) is 50.2. The van der Waals surface area contributed by atoms with Gasteiger partial charge in [-0.2, -0.15) is 23.5 Å². The molecule has 0 aliphatic heterocycles. The first-order valence-corrected chi connectivity index (χ1v) is 14.0. The molecular weight excluding hydrogens is 492 g/mol. The Morgan fingerprint density at radius 3 is 1.86 bits per heavy atom. The number of benzene rings is 1. The second kappa shape index (κ2) is 16.4. The van der Waals surface area contributed by atoms with Crippen LogP contribution in [0.2, 0.25) is 0 Å². The van der Waals surface area contributed by atoms with Crippen LogP contribution >= 0.6 is 23.5 Å². The molecule has 1 aromatic rings. The van der Waals surface area contributed by atoms with Crippen LogP contribution in [0.5, 0.6) is 0 Å². The summed E-state index contributed by atoms with van der Waals surface area (Å²) >= 11 is 2.94. The summed E-state index contributed by atoms with van der Waals surface area (Å²) in [6.07, 6.45) is 3.22. The second-order valence-electron chi connectivity index (χ2n) is 8.04. The number of aliphatic hydroxyl groups excluding tert-OH is 1. The molecule has 0 aromatic heterocycles. The van der Waals surface area contributed by atoms with Crippen molar-refractivity contribution >= 4 is 47.2 Å². The molecule has 5 unspecified atom stereocenters. The Hall–Kier alpha value is -2.28. The van der Waals surface area contributed by atoms with Gasteiger partial charge in [-0.15, -0.1) is 0 Å². The van der Waals surface area contributed by atoms with Gasteiger partial charge in [-0.1, -0.05) is 30.3 Å². The first-order valence-electron chi connectivity index (χ1n) is 11.2. The van der Waals surface area contributed by atoms with Crippen LogP contribution < -0.4 is 21.7 Å². The number of nitrogens with two attached hydrogens (primary N) is 1. The molecule has 12 heteroatoms. The lowest BCUT2D eigenvalue weighted by Crippen LogP contribution is -2.58. The third kappa shape index (κ3) is 11.3.